The quantitative estimate of drug-likeness (QED) is 0.439. The fourth-order valence-electron chi connectivity index (χ4n) is 4.12. The molecule has 1 saturated heterocycles. The molecule has 6 nitrogen and oxygen atoms in total. The van der Waals surface area contributed by atoms with Crippen molar-refractivity contribution >= 4 is 38.9 Å². The minimum absolute atomic E-state index is 0.0243. The van der Waals surface area contributed by atoms with E-state index in [9.17, 15) is 26.4 Å². The second kappa shape index (κ2) is 10.3. The molecule has 196 valence electrons. The minimum atomic E-state index is -4.44. The van der Waals surface area contributed by atoms with Crippen LogP contribution in [-0.2, 0) is 16.2 Å². The maximum atomic E-state index is 13.2. The van der Waals surface area contributed by atoms with Crippen molar-refractivity contribution in [3.05, 3.63) is 87.9 Å². The molecule has 0 aliphatic carbocycles. The number of anilines is 2. The predicted molar refractivity (Wildman–Crippen MR) is 138 cm³/mol. The number of nitrogens with zero attached hydrogens (tertiary/aromatic N) is 2. The number of aryl methyl sites for hydroxylation is 2. The summed E-state index contributed by atoms with van der Waals surface area (Å²) in [6, 6.07) is 14.5. The van der Waals surface area contributed by atoms with E-state index in [1.54, 1.807) is 34.9 Å². The minimum Gasteiger partial charge on any atom is -0.368 e. The number of hydrogen-bond donors (Lipinski definition) is 1. The van der Waals surface area contributed by atoms with Crippen molar-refractivity contribution in [1.82, 2.24) is 4.90 Å². The molecule has 3 aromatic carbocycles. The molecule has 0 spiro atoms. The van der Waals surface area contributed by atoms with Crippen LogP contribution in [0.3, 0.4) is 0 Å². The van der Waals surface area contributed by atoms with Gasteiger partial charge in [-0.05, 0) is 67.4 Å². The first-order chi connectivity index (χ1) is 17.3. The molecule has 0 atom stereocenters. The van der Waals surface area contributed by atoms with Crippen molar-refractivity contribution in [3.8, 4) is 0 Å². The first kappa shape index (κ1) is 26.8. The lowest BCUT2D eigenvalue weighted by Gasteiger charge is -2.36. The second-order valence-electron chi connectivity index (χ2n) is 8.90. The average molecular weight is 552 g/mol. The molecule has 1 fully saturated rings. The Morgan fingerprint density at radius 3 is 2.32 bits per heavy atom. The molecule has 1 amide bonds. The number of halogens is 4. The van der Waals surface area contributed by atoms with Crippen molar-refractivity contribution in [3.63, 3.8) is 0 Å². The van der Waals surface area contributed by atoms with E-state index < -0.39 is 21.8 Å². The molecule has 0 saturated carbocycles. The van der Waals surface area contributed by atoms with Crippen molar-refractivity contribution in [1.29, 1.82) is 0 Å². The summed E-state index contributed by atoms with van der Waals surface area (Å²) in [5, 5.41) is -0.0243. The van der Waals surface area contributed by atoms with Gasteiger partial charge in [-0.15, -0.1) is 0 Å². The van der Waals surface area contributed by atoms with E-state index in [-0.39, 0.29) is 34.5 Å². The number of carbonyl (C=O) groups is 1. The number of benzene rings is 3. The van der Waals surface area contributed by atoms with Crippen LogP contribution in [0.5, 0.6) is 0 Å². The van der Waals surface area contributed by atoms with E-state index >= 15 is 0 Å². The summed E-state index contributed by atoms with van der Waals surface area (Å²) in [4.78, 5) is 16.3. The molecule has 11 heteroatoms. The molecule has 37 heavy (non-hydrogen) atoms. The molecule has 1 heterocycles. The zero-order valence-electron chi connectivity index (χ0n) is 20.1. The fraction of sp³-hybridized carbons (Fsp3) is 0.269. The first-order valence-electron chi connectivity index (χ1n) is 11.5. The molecule has 4 rings (SSSR count). The maximum absolute atomic E-state index is 13.2. The molecule has 3 aromatic rings. The third-order valence-electron chi connectivity index (χ3n) is 6.21. The lowest BCUT2D eigenvalue weighted by Crippen LogP contribution is -2.48. The standard InChI is InChI=1S/C26H25ClF3N3O3S/c1-17-6-7-18(2)23(14-17)31-37(35,36)24-15-19(8-9-22(24)27)25(34)33-12-10-32(11-13-33)21-5-3-4-20(16-21)26(28,29)30/h3-9,14-16,31H,10-13H2,1-2H3. The number of nitrogens with one attached hydrogen (secondary N) is 1. The van der Waals surface area contributed by atoms with Crippen LogP contribution in [0.1, 0.15) is 27.0 Å². The molecule has 1 N–H and O–H groups in total. The van der Waals surface area contributed by atoms with Gasteiger partial charge < -0.3 is 9.80 Å². The van der Waals surface area contributed by atoms with Crippen molar-refractivity contribution in [2.75, 3.05) is 35.8 Å². The van der Waals surface area contributed by atoms with Gasteiger partial charge in [-0.1, -0.05) is 29.8 Å². The van der Waals surface area contributed by atoms with E-state index in [0.717, 1.165) is 23.3 Å². The summed E-state index contributed by atoms with van der Waals surface area (Å²) in [5.41, 5.74) is 1.88. The Morgan fingerprint density at radius 2 is 1.65 bits per heavy atom. The van der Waals surface area contributed by atoms with Gasteiger partial charge in [-0.25, -0.2) is 8.42 Å². The Morgan fingerprint density at radius 1 is 0.946 bits per heavy atom. The predicted octanol–water partition coefficient (Wildman–Crippen LogP) is 5.74. The summed E-state index contributed by atoms with van der Waals surface area (Å²) in [6.07, 6.45) is -4.44. The van der Waals surface area contributed by atoms with Crippen LogP contribution in [0.4, 0.5) is 24.5 Å². The third kappa shape index (κ3) is 6.02. The van der Waals surface area contributed by atoms with Gasteiger partial charge in [-0.3, -0.25) is 9.52 Å². The van der Waals surface area contributed by atoms with E-state index in [2.05, 4.69) is 4.72 Å². The number of piperazine rings is 1. The molecule has 0 radical (unpaired) electrons. The maximum Gasteiger partial charge on any atom is 0.416 e. The zero-order chi connectivity index (χ0) is 27.0. The Hall–Kier alpha value is -3.24. The van der Waals surface area contributed by atoms with Crippen LogP contribution >= 0.6 is 11.6 Å². The SMILES string of the molecule is Cc1ccc(C)c(NS(=O)(=O)c2cc(C(=O)N3CCN(c4cccc(C(F)(F)F)c4)CC3)ccc2Cl)c1. The van der Waals surface area contributed by atoms with Gasteiger partial charge in [0.1, 0.15) is 4.90 Å². The largest absolute Gasteiger partial charge is 0.416 e. The topological polar surface area (TPSA) is 69.7 Å². The lowest BCUT2D eigenvalue weighted by atomic mass is 10.1. The summed E-state index contributed by atoms with van der Waals surface area (Å²) < 4.78 is 68.0. The van der Waals surface area contributed by atoms with Crippen molar-refractivity contribution in [2.24, 2.45) is 0 Å². The third-order valence-corrected chi connectivity index (χ3v) is 8.06. The van der Waals surface area contributed by atoms with E-state index in [1.807, 2.05) is 13.0 Å². The highest BCUT2D eigenvalue weighted by Gasteiger charge is 2.31. The highest BCUT2D eigenvalue weighted by molar-refractivity contribution is 7.92. The van der Waals surface area contributed by atoms with E-state index in [1.165, 1.54) is 24.3 Å². The lowest BCUT2D eigenvalue weighted by molar-refractivity contribution is -0.137. The Labute approximate surface area is 218 Å². The van der Waals surface area contributed by atoms with Crippen LogP contribution in [0.25, 0.3) is 0 Å². The molecule has 1 aliphatic rings. The molecular formula is C26H25ClF3N3O3S. The highest BCUT2D eigenvalue weighted by Crippen LogP contribution is 2.32. The van der Waals surface area contributed by atoms with Crippen LogP contribution < -0.4 is 9.62 Å². The van der Waals surface area contributed by atoms with Gasteiger partial charge in [0.2, 0.25) is 0 Å². The summed E-state index contributed by atoms with van der Waals surface area (Å²) in [5.74, 6) is -0.386. The van der Waals surface area contributed by atoms with Gasteiger partial charge in [0.05, 0.1) is 16.3 Å². The van der Waals surface area contributed by atoms with Crippen LogP contribution in [0.15, 0.2) is 65.6 Å². The van der Waals surface area contributed by atoms with Crippen LogP contribution in [0.2, 0.25) is 5.02 Å². The van der Waals surface area contributed by atoms with E-state index in [4.69, 9.17) is 11.6 Å². The Bertz CT molecular complexity index is 1440. The highest BCUT2D eigenvalue weighted by atomic mass is 35.5. The number of amides is 1. The number of carbonyl (C=O) groups excluding carboxylic acids is 1. The molecule has 0 bridgehead atoms. The smallest absolute Gasteiger partial charge is 0.368 e. The Kier molecular flexibility index (Phi) is 7.43. The summed E-state index contributed by atoms with van der Waals surface area (Å²) in [7, 11) is -4.08. The first-order valence-corrected chi connectivity index (χ1v) is 13.3. The molecular weight excluding hydrogens is 527 g/mol. The van der Waals surface area contributed by atoms with Crippen LogP contribution in [-0.4, -0.2) is 45.4 Å². The zero-order valence-corrected chi connectivity index (χ0v) is 21.7. The Balaban J connectivity index is 1.49. The van der Waals surface area contributed by atoms with Gasteiger partial charge in [-0.2, -0.15) is 13.2 Å². The number of rotatable bonds is 5. The molecule has 1 aliphatic heterocycles. The van der Waals surface area contributed by atoms with Crippen molar-refractivity contribution in [2.45, 2.75) is 24.9 Å². The van der Waals surface area contributed by atoms with Gasteiger partial charge in [0.25, 0.3) is 15.9 Å². The van der Waals surface area contributed by atoms with Gasteiger partial charge >= 0.3 is 6.18 Å². The number of sulfonamides is 1. The fourth-order valence-corrected chi connectivity index (χ4v) is 5.77. The monoisotopic (exact) mass is 551 g/mol. The number of alkyl halides is 3. The van der Waals surface area contributed by atoms with Gasteiger partial charge in [0, 0.05) is 37.4 Å². The average Bonchev–Trinajstić information content (AvgIpc) is 2.85. The normalized spacial score (nSPS) is 14.5. The summed E-state index contributed by atoms with van der Waals surface area (Å²) >= 11 is 6.21. The number of hydrogen-bond acceptors (Lipinski definition) is 4. The molecule has 0 aromatic heterocycles. The second-order valence-corrected chi connectivity index (χ2v) is 11.0. The molecule has 0 unspecified atom stereocenters. The van der Waals surface area contributed by atoms with E-state index in [0.29, 0.717) is 24.5 Å². The van der Waals surface area contributed by atoms with Crippen molar-refractivity contribution < 1.29 is 26.4 Å². The van der Waals surface area contributed by atoms with Crippen LogP contribution in [0, 0.1) is 13.8 Å². The van der Waals surface area contributed by atoms with Gasteiger partial charge in [0.15, 0.2) is 0 Å². The summed E-state index contributed by atoms with van der Waals surface area (Å²) in [6.45, 7) is 4.81.